The van der Waals surface area contributed by atoms with Gasteiger partial charge in [0.2, 0.25) is 0 Å². The van der Waals surface area contributed by atoms with Crippen LogP contribution in [0.25, 0.3) is 0 Å². The van der Waals surface area contributed by atoms with Gasteiger partial charge in [-0.2, -0.15) is 11.3 Å². The van der Waals surface area contributed by atoms with Gasteiger partial charge in [0.25, 0.3) is 0 Å². The van der Waals surface area contributed by atoms with Gasteiger partial charge in [-0.25, -0.2) is 0 Å². The summed E-state index contributed by atoms with van der Waals surface area (Å²) in [6.07, 6.45) is 4.22. The number of rotatable bonds is 8. The van der Waals surface area contributed by atoms with Crippen molar-refractivity contribution in [1.82, 2.24) is 0 Å². The van der Waals surface area contributed by atoms with Gasteiger partial charge in [-0.15, -0.1) is 0 Å². The van der Waals surface area contributed by atoms with E-state index in [9.17, 15) is 0 Å². The van der Waals surface area contributed by atoms with E-state index in [1.165, 1.54) is 5.56 Å². The summed E-state index contributed by atoms with van der Waals surface area (Å²) in [7, 11) is 0. The van der Waals surface area contributed by atoms with Crippen molar-refractivity contribution in [3.05, 3.63) is 22.4 Å². The number of aryl methyl sites for hydroxylation is 1. The number of thiophene rings is 1. The molecule has 2 nitrogen and oxygen atoms in total. The van der Waals surface area contributed by atoms with Crippen LogP contribution < -0.4 is 5.73 Å². The van der Waals surface area contributed by atoms with Crippen LogP contribution in [0.2, 0.25) is 0 Å². The highest BCUT2D eigenvalue weighted by Crippen LogP contribution is 2.10. The van der Waals surface area contributed by atoms with E-state index in [2.05, 4.69) is 23.8 Å². The molecule has 0 saturated carbocycles. The Bertz CT molecular complexity index is 236. The van der Waals surface area contributed by atoms with Gasteiger partial charge in [-0.3, -0.25) is 0 Å². The van der Waals surface area contributed by atoms with Crippen LogP contribution in [0, 0.1) is 0 Å². The second-order valence-electron chi connectivity index (χ2n) is 3.83. The Morgan fingerprint density at radius 3 is 2.93 bits per heavy atom. The van der Waals surface area contributed by atoms with Gasteiger partial charge in [0.05, 0.1) is 0 Å². The standard InChI is InChI=1S/C12H21NOS/c1-2-7-14-8-5-12(13)4-3-11-6-9-15-10-11/h6,9-10,12H,2-5,7-8,13H2,1H3. The van der Waals surface area contributed by atoms with Gasteiger partial charge in [-0.1, -0.05) is 6.92 Å². The lowest BCUT2D eigenvalue weighted by atomic mass is 10.1. The molecule has 1 aromatic heterocycles. The molecule has 86 valence electrons. The van der Waals surface area contributed by atoms with Crippen LogP contribution in [0.1, 0.15) is 31.7 Å². The first-order valence-electron chi connectivity index (χ1n) is 5.67. The van der Waals surface area contributed by atoms with Crippen molar-refractivity contribution in [3.8, 4) is 0 Å². The number of hydrogen-bond donors (Lipinski definition) is 1. The Balaban J connectivity index is 2.01. The van der Waals surface area contributed by atoms with Crippen LogP contribution >= 0.6 is 11.3 Å². The minimum absolute atomic E-state index is 0.279. The Labute approximate surface area is 96.4 Å². The summed E-state index contributed by atoms with van der Waals surface area (Å²) < 4.78 is 5.41. The molecule has 0 fully saturated rings. The van der Waals surface area contributed by atoms with Crippen molar-refractivity contribution >= 4 is 11.3 Å². The van der Waals surface area contributed by atoms with Gasteiger partial charge in [0, 0.05) is 19.3 Å². The molecule has 0 aromatic carbocycles. The molecule has 0 saturated heterocycles. The molecule has 0 radical (unpaired) electrons. The lowest BCUT2D eigenvalue weighted by Crippen LogP contribution is -2.22. The Kier molecular flexibility index (Phi) is 6.64. The Morgan fingerprint density at radius 1 is 1.40 bits per heavy atom. The fourth-order valence-corrected chi connectivity index (χ4v) is 2.12. The molecule has 1 heterocycles. The Morgan fingerprint density at radius 2 is 2.27 bits per heavy atom. The predicted molar refractivity (Wildman–Crippen MR) is 66.3 cm³/mol. The normalized spacial score (nSPS) is 12.9. The van der Waals surface area contributed by atoms with Crippen LogP contribution in [0.3, 0.4) is 0 Å². The van der Waals surface area contributed by atoms with E-state index in [-0.39, 0.29) is 6.04 Å². The summed E-state index contributed by atoms with van der Waals surface area (Å²) in [6.45, 7) is 3.78. The first-order valence-corrected chi connectivity index (χ1v) is 6.61. The molecule has 0 aliphatic rings. The fourth-order valence-electron chi connectivity index (χ4n) is 1.41. The van der Waals surface area contributed by atoms with E-state index < -0.39 is 0 Å². The van der Waals surface area contributed by atoms with Crippen molar-refractivity contribution < 1.29 is 4.74 Å². The second-order valence-corrected chi connectivity index (χ2v) is 4.61. The SMILES string of the molecule is CCCOCCC(N)CCc1ccsc1. The molecule has 3 heteroatoms. The maximum absolute atomic E-state index is 6.00. The number of nitrogens with two attached hydrogens (primary N) is 1. The number of hydrogen-bond acceptors (Lipinski definition) is 3. The third-order valence-electron chi connectivity index (χ3n) is 2.37. The quantitative estimate of drug-likeness (QED) is 0.693. The van der Waals surface area contributed by atoms with Gasteiger partial charge in [-0.05, 0) is 48.1 Å². The lowest BCUT2D eigenvalue weighted by molar-refractivity contribution is 0.127. The molecule has 1 unspecified atom stereocenters. The first kappa shape index (κ1) is 12.7. The maximum Gasteiger partial charge on any atom is 0.0480 e. The number of ether oxygens (including phenoxy) is 1. The molecule has 1 aromatic rings. The van der Waals surface area contributed by atoms with E-state index in [1.807, 2.05) is 0 Å². The van der Waals surface area contributed by atoms with Crippen LogP contribution in [-0.4, -0.2) is 19.3 Å². The third kappa shape index (κ3) is 5.92. The zero-order chi connectivity index (χ0) is 10.9. The lowest BCUT2D eigenvalue weighted by Gasteiger charge is -2.10. The molecule has 0 amide bonds. The van der Waals surface area contributed by atoms with Crippen LogP contribution in [0.15, 0.2) is 16.8 Å². The van der Waals surface area contributed by atoms with E-state index in [0.29, 0.717) is 0 Å². The minimum atomic E-state index is 0.279. The highest BCUT2D eigenvalue weighted by Gasteiger charge is 2.03. The van der Waals surface area contributed by atoms with E-state index in [0.717, 1.165) is 38.9 Å². The highest BCUT2D eigenvalue weighted by atomic mass is 32.1. The first-order chi connectivity index (χ1) is 7.33. The maximum atomic E-state index is 6.00. The molecule has 1 atom stereocenters. The molecule has 1 rings (SSSR count). The Hall–Kier alpha value is -0.380. The monoisotopic (exact) mass is 227 g/mol. The predicted octanol–water partition coefficient (Wildman–Crippen LogP) is 2.82. The topological polar surface area (TPSA) is 35.2 Å². The largest absolute Gasteiger partial charge is 0.381 e. The van der Waals surface area contributed by atoms with Crippen LogP contribution in [0.5, 0.6) is 0 Å². The van der Waals surface area contributed by atoms with E-state index >= 15 is 0 Å². The van der Waals surface area contributed by atoms with E-state index in [1.54, 1.807) is 11.3 Å². The smallest absolute Gasteiger partial charge is 0.0480 e. The van der Waals surface area contributed by atoms with Crippen LogP contribution in [-0.2, 0) is 11.2 Å². The summed E-state index contributed by atoms with van der Waals surface area (Å²) in [4.78, 5) is 0. The summed E-state index contributed by atoms with van der Waals surface area (Å²) >= 11 is 1.75. The zero-order valence-electron chi connectivity index (χ0n) is 9.45. The van der Waals surface area contributed by atoms with Crippen LogP contribution in [0.4, 0.5) is 0 Å². The van der Waals surface area contributed by atoms with Crippen molar-refractivity contribution in [2.45, 2.75) is 38.6 Å². The molecule has 0 aliphatic heterocycles. The van der Waals surface area contributed by atoms with E-state index in [4.69, 9.17) is 10.5 Å². The summed E-state index contributed by atoms with van der Waals surface area (Å²) in [5, 5.41) is 4.31. The third-order valence-corrected chi connectivity index (χ3v) is 3.10. The van der Waals surface area contributed by atoms with Gasteiger partial charge >= 0.3 is 0 Å². The molecule has 2 N–H and O–H groups in total. The van der Waals surface area contributed by atoms with Crippen molar-refractivity contribution in [2.75, 3.05) is 13.2 Å². The van der Waals surface area contributed by atoms with Crippen molar-refractivity contribution in [1.29, 1.82) is 0 Å². The molecular formula is C12H21NOS. The fraction of sp³-hybridized carbons (Fsp3) is 0.667. The zero-order valence-corrected chi connectivity index (χ0v) is 10.3. The molecular weight excluding hydrogens is 206 g/mol. The van der Waals surface area contributed by atoms with Gasteiger partial charge < -0.3 is 10.5 Å². The summed E-state index contributed by atoms with van der Waals surface area (Å²) in [6, 6.07) is 2.45. The molecule has 15 heavy (non-hydrogen) atoms. The minimum Gasteiger partial charge on any atom is -0.381 e. The molecule has 0 aliphatic carbocycles. The average molecular weight is 227 g/mol. The summed E-state index contributed by atoms with van der Waals surface area (Å²) in [5.41, 5.74) is 7.40. The highest BCUT2D eigenvalue weighted by molar-refractivity contribution is 7.07. The molecule has 0 spiro atoms. The summed E-state index contributed by atoms with van der Waals surface area (Å²) in [5.74, 6) is 0. The van der Waals surface area contributed by atoms with Gasteiger partial charge in [0.15, 0.2) is 0 Å². The molecule has 0 bridgehead atoms. The average Bonchev–Trinajstić information content (AvgIpc) is 2.74. The van der Waals surface area contributed by atoms with Crippen molar-refractivity contribution in [2.24, 2.45) is 5.73 Å². The van der Waals surface area contributed by atoms with Gasteiger partial charge in [0.1, 0.15) is 0 Å². The second kappa shape index (κ2) is 7.85. The van der Waals surface area contributed by atoms with Crippen molar-refractivity contribution in [3.63, 3.8) is 0 Å².